The Kier molecular flexibility index (Phi) is 2.03. The van der Waals surface area contributed by atoms with Crippen molar-refractivity contribution in [3.8, 4) is 0 Å². The van der Waals surface area contributed by atoms with Crippen LogP contribution >= 0.6 is 47.2 Å². The van der Waals surface area contributed by atoms with Crippen LogP contribution in [-0.2, 0) is 0 Å². The van der Waals surface area contributed by atoms with Gasteiger partial charge in [-0.05, 0) is 0 Å². The highest BCUT2D eigenvalue weighted by Gasteiger charge is 2.00. The third kappa shape index (κ3) is 1.29. The molecule has 8 heavy (non-hydrogen) atoms. The van der Waals surface area contributed by atoms with Gasteiger partial charge in [0.05, 0.1) is 0 Å². The van der Waals surface area contributed by atoms with E-state index in [9.17, 15) is 0 Å². The van der Waals surface area contributed by atoms with Crippen LogP contribution in [0, 0.1) is 0 Å². The molecular weight excluding hydrogens is 185 g/mol. The normalized spacial score (nSPS) is 9.88. The van der Waals surface area contributed by atoms with Crippen molar-refractivity contribution in [3.63, 3.8) is 0 Å². The van der Waals surface area contributed by atoms with Gasteiger partial charge in [0.25, 0.3) is 0 Å². The molecule has 0 atom stereocenters. The molecule has 1 aromatic rings. The van der Waals surface area contributed by atoms with E-state index in [1.54, 1.807) is 0 Å². The van der Waals surface area contributed by atoms with E-state index in [4.69, 9.17) is 23.2 Å². The Labute approximate surface area is 66.1 Å². The molecule has 0 saturated carbocycles. The molecule has 0 unspecified atom stereocenters. The van der Waals surface area contributed by atoms with E-state index in [1.165, 1.54) is 11.3 Å². The summed E-state index contributed by atoms with van der Waals surface area (Å²) in [4.78, 5) is 3.73. The van der Waals surface area contributed by atoms with Crippen LogP contribution < -0.4 is 0 Å². The standard InChI is InChI=1S/C3HCl2NS2/c4-1-2(7)6-3(5)8-1/h7H. The molecule has 0 spiro atoms. The minimum Gasteiger partial charge on any atom is -0.217 e. The topological polar surface area (TPSA) is 12.9 Å². The first-order valence-electron chi connectivity index (χ1n) is 1.71. The molecule has 0 N–H and O–H groups in total. The smallest absolute Gasteiger partial charge is 0.186 e. The fourth-order valence-corrected chi connectivity index (χ4v) is 1.75. The summed E-state index contributed by atoms with van der Waals surface area (Å²) in [5.41, 5.74) is 0. The number of thiol groups is 1. The highest BCUT2D eigenvalue weighted by molar-refractivity contribution is 7.80. The summed E-state index contributed by atoms with van der Waals surface area (Å²) in [5, 5.41) is 0.502. The average molecular weight is 186 g/mol. The second-order valence-electron chi connectivity index (χ2n) is 1.06. The number of hydrogen-bond acceptors (Lipinski definition) is 3. The average Bonchev–Trinajstić information content (AvgIpc) is 1.85. The third-order valence-corrected chi connectivity index (χ3v) is 2.51. The van der Waals surface area contributed by atoms with Gasteiger partial charge in [-0.25, -0.2) is 4.98 Å². The number of halogens is 2. The molecule has 1 heterocycles. The lowest BCUT2D eigenvalue weighted by molar-refractivity contribution is 1.22. The van der Waals surface area contributed by atoms with Crippen LogP contribution in [0.3, 0.4) is 0 Å². The molecule has 0 amide bonds. The van der Waals surface area contributed by atoms with Crippen LogP contribution in [-0.4, -0.2) is 4.98 Å². The zero-order valence-corrected chi connectivity index (χ0v) is 6.78. The molecule has 0 aliphatic heterocycles. The molecule has 5 heteroatoms. The minimum atomic E-state index is 0.431. The van der Waals surface area contributed by atoms with Gasteiger partial charge in [0.1, 0.15) is 9.36 Å². The number of thiazole rings is 1. The summed E-state index contributed by atoms with van der Waals surface area (Å²) in [6.07, 6.45) is 0. The van der Waals surface area contributed by atoms with Crippen molar-refractivity contribution in [2.24, 2.45) is 0 Å². The van der Waals surface area contributed by atoms with Gasteiger partial charge in [0.2, 0.25) is 0 Å². The van der Waals surface area contributed by atoms with Crippen LogP contribution in [0.2, 0.25) is 8.80 Å². The first-order valence-corrected chi connectivity index (χ1v) is 3.73. The van der Waals surface area contributed by atoms with Crippen molar-refractivity contribution in [3.05, 3.63) is 8.80 Å². The molecule has 1 nitrogen and oxygen atoms in total. The molecule has 1 rings (SSSR count). The van der Waals surface area contributed by atoms with E-state index >= 15 is 0 Å². The van der Waals surface area contributed by atoms with Gasteiger partial charge in [-0.3, -0.25) is 0 Å². The first-order chi connectivity index (χ1) is 3.70. The van der Waals surface area contributed by atoms with E-state index in [0.29, 0.717) is 13.8 Å². The number of rotatable bonds is 0. The van der Waals surface area contributed by atoms with Crippen molar-refractivity contribution in [1.82, 2.24) is 4.98 Å². The van der Waals surface area contributed by atoms with E-state index in [-0.39, 0.29) is 0 Å². The monoisotopic (exact) mass is 185 g/mol. The second-order valence-corrected chi connectivity index (χ2v) is 3.67. The Morgan fingerprint density at radius 2 is 2.12 bits per heavy atom. The fraction of sp³-hybridized carbons (Fsp3) is 0. The molecular formula is C3HCl2NS2. The maximum atomic E-state index is 5.52. The Morgan fingerprint density at radius 3 is 2.25 bits per heavy atom. The second kappa shape index (κ2) is 2.43. The number of nitrogens with zero attached hydrogens (tertiary/aromatic N) is 1. The van der Waals surface area contributed by atoms with Gasteiger partial charge in [0.15, 0.2) is 4.47 Å². The fourth-order valence-electron chi connectivity index (χ4n) is 0.270. The molecule has 0 saturated heterocycles. The van der Waals surface area contributed by atoms with Crippen molar-refractivity contribution in [2.75, 3.05) is 0 Å². The van der Waals surface area contributed by atoms with Crippen LogP contribution in [0.25, 0.3) is 0 Å². The van der Waals surface area contributed by atoms with E-state index in [0.717, 1.165) is 0 Å². The third-order valence-electron chi connectivity index (χ3n) is 0.543. The van der Waals surface area contributed by atoms with Crippen molar-refractivity contribution < 1.29 is 0 Å². The van der Waals surface area contributed by atoms with Gasteiger partial charge in [-0.15, -0.1) is 12.6 Å². The predicted octanol–water partition coefficient (Wildman–Crippen LogP) is 2.74. The summed E-state index contributed by atoms with van der Waals surface area (Å²) in [5.74, 6) is 0. The van der Waals surface area contributed by atoms with E-state index < -0.39 is 0 Å². The molecule has 1 aromatic heterocycles. The molecule has 0 aliphatic carbocycles. The number of hydrogen-bond donors (Lipinski definition) is 1. The molecule has 44 valence electrons. The molecule has 0 radical (unpaired) electrons. The van der Waals surface area contributed by atoms with Crippen LogP contribution in [0.5, 0.6) is 0 Å². The molecule has 0 aliphatic rings. The van der Waals surface area contributed by atoms with Gasteiger partial charge >= 0.3 is 0 Å². The Balaban J connectivity index is 3.14. The SMILES string of the molecule is Sc1nc(Cl)sc1Cl. The summed E-state index contributed by atoms with van der Waals surface area (Å²) < 4.78 is 0.971. The maximum absolute atomic E-state index is 5.52. The lowest BCUT2D eigenvalue weighted by Crippen LogP contribution is -1.59. The largest absolute Gasteiger partial charge is 0.217 e. The number of aromatic nitrogens is 1. The summed E-state index contributed by atoms with van der Waals surface area (Å²) in [6, 6.07) is 0. The Bertz CT molecular complexity index is 178. The summed E-state index contributed by atoms with van der Waals surface area (Å²) >= 11 is 16.1. The molecule has 0 fully saturated rings. The van der Waals surface area contributed by atoms with Gasteiger partial charge in [0, 0.05) is 0 Å². The quantitative estimate of drug-likeness (QED) is 0.614. The maximum Gasteiger partial charge on any atom is 0.186 e. The van der Waals surface area contributed by atoms with Crippen LogP contribution in [0.15, 0.2) is 5.03 Å². The molecule has 0 aromatic carbocycles. The summed E-state index contributed by atoms with van der Waals surface area (Å²) in [7, 11) is 0. The first kappa shape index (κ1) is 6.68. The highest BCUT2D eigenvalue weighted by atomic mass is 35.5. The Hall–Kier alpha value is 0.560. The highest BCUT2D eigenvalue weighted by Crippen LogP contribution is 2.29. The molecule has 0 bridgehead atoms. The lowest BCUT2D eigenvalue weighted by Gasteiger charge is -1.73. The van der Waals surface area contributed by atoms with Crippen molar-refractivity contribution >= 4 is 47.2 Å². The zero-order chi connectivity index (χ0) is 6.15. The van der Waals surface area contributed by atoms with Gasteiger partial charge < -0.3 is 0 Å². The van der Waals surface area contributed by atoms with Crippen molar-refractivity contribution in [2.45, 2.75) is 5.03 Å². The zero-order valence-electron chi connectivity index (χ0n) is 3.56. The van der Waals surface area contributed by atoms with Crippen molar-refractivity contribution in [1.29, 1.82) is 0 Å². The predicted molar refractivity (Wildman–Crippen MR) is 39.4 cm³/mol. The lowest BCUT2D eigenvalue weighted by atomic mass is 11.0. The van der Waals surface area contributed by atoms with E-state index in [1.807, 2.05) is 0 Å². The van der Waals surface area contributed by atoms with Crippen LogP contribution in [0.4, 0.5) is 0 Å². The van der Waals surface area contributed by atoms with Gasteiger partial charge in [-0.1, -0.05) is 34.5 Å². The minimum absolute atomic E-state index is 0.431. The Morgan fingerprint density at radius 1 is 1.50 bits per heavy atom. The summed E-state index contributed by atoms with van der Waals surface area (Å²) in [6.45, 7) is 0. The van der Waals surface area contributed by atoms with Crippen LogP contribution in [0.1, 0.15) is 0 Å². The van der Waals surface area contributed by atoms with Gasteiger partial charge in [-0.2, -0.15) is 0 Å². The van der Waals surface area contributed by atoms with E-state index in [2.05, 4.69) is 17.6 Å².